The first-order chi connectivity index (χ1) is 7.52. The summed E-state index contributed by atoms with van der Waals surface area (Å²) in [5.41, 5.74) is 6.24. The molecule has 2 aliphatic rings. The minimum absolute atomic E-state index is 0.302. The maximum absolute atomic E-state index is 5.94. The molecule has 1 atom stereocenters. The van der Waals surface area contributed by atoms with Crippen molar-refractivity contribution >= 4 is 0 Å². The predicted molar refractivity (Wildman–Crippen MR) is 68.5 cm³/mol. The molecule has 0 amide bonds. The van der Waals surface area contributed by atoms with Crippen LogP contribution < -0.4 is 5.73 Å². The van der Waals surface area contributed by atoms with Gasteiger partial charge < -0.3 is 5.73 Å². The Morgan fingerprint density at radius 1 is 1.12 bits per heavy atom. The Morgan fingerprint density at radius 3 is 2.06 bits per heavy atom. The van der Waals surface area contributed by atoms with E-state index in [0.717, 1.165) is 12.6 Å². The third-order valence-electron chi connectivity index (χ3n) is 4.08. The quantitative estimate of drug-likeness (QED) is 0.782. The highest BCUT2D eigenvalue weighted by Gasteiger charge is 2.35. The Bertz CT molecular complexity index is 222. The minimum Gasteiger partial charge on any atom is -0.329 e. The van der Waals surface area contributed by atoms with E-state index in [2.05, 4.69) is 30.6 Å². The number of nitrogens with two attached hydrogens (primary N) is 1. The molecule has 0 aromatic rings. The smallest absolute Gasteiger partial charge is 0.0267 e. The lowest BCUT2D eigenvalue weighted by Crippen LogP contribution is -2.56. The molecule has 0 spiro atoms. The summed E-state index contributed by atoms with van der Waals surface area (Å²) in [6.07, 6.45) is 2.86. The van der Waals surface area contributed by atoms with Gasteiger partial charge in [0.05, 0.1) is 0 Å². The van der Waals surface area contributed by atoms with Crippen LogP contribution in [0.15, 0.2) is 0 Å². The third-order valence-corrected chi connectivity index (χ3v) is 4.08. The van der Waals surface area contributed by atoms with E-state index in [1.165, 1.54) is 39.0 Å². The van der Waals surface area contributed by atoms with E-state index in [4.69, 9.17) is 5.73 Å². The highest BCUT2D eigenvalue weighted by atomic mass is 15.3. The van der Waals surface area contributed by atoms with Crippen molar-refractivity contribution in [2.75, 3.05) is 32.7 Å². The second-order valence-corrected chi connectivity index (χ2v) is 6.42. The predicted octanol–water partition coefficient (Wildman–Crippen LogP) is 1.14. The van der Waals surface area contributed by atoms with E-state index >= 15 is 0 Å². The fraction of sp³-hybridized carbons (Fsp3) is 1.00. The summed E-state index contributed by atoms with van der Waals surface area (Å²) in [6, 6.07) is 1.46. The van der Waals surface area contributed by atoms with Crippen LogP contribution >= 0.6 is 0 Å². The summed E-state index contributed by atoms with van der Waals surface area (Å²) in [7, 11) is 0. The highest BCUT2D eigenvalue weighted by molar-refractivity contribution is 4.91. The molecule has 0 aromatic carbocycles. The minimum atomic E-state index is 0.302. The van der Waals surface area contributed by atoms with Crippen molar-refractivity contribution in [2.45, 2.75) is 45.7 Å². The van der Waals surface area contributed by atoms with Gasteiger partial charge in [-0.3, -0.25) is 9.80 Å². The summed E-state index contributed by atoms with van der Waals surface area (Å²) in [4.78, 5) is 5.26. The normalized spacial score (nSPS) is 27.0. The van der Waals surface area contributed by atoms with Gasteiger partial charge in [-0.05, 0) is 18.3 Å². The van der Waals surface area contributed by atoms with E-state index in [1.54, 1.807) is 0 Å². The van der Waals surface area contributed by atoms with Crippen molar-refractivity contribution in [1.82, 2.24) is 9.80 Å². The first-order valence-electron chi connectivity index (χ1n) is 6.70. The molecule has 3 heteroatoms. The van der Waals surface area contributed by atoms with Crippen molar-refractivity contribution in [3.05, 3.63) is 0 Å². The van der Waals surface area contributed by atoms with Gasteiger partial charge in [-0.15, -0.1) is 0 Å². The summed E-state index contributed by atoms with van der Waals surface area (Å²) in [5, 5.41) is 0. The van der Waals surface area contributed by atoms with Gasteiger partial charge in [-0.25, -0.2) is 0 Å². The van der Waals surface area contributed by atoms with Gasteiger partial charge >= 0.3 is 0 Å². The van der Waals surface area contributed by atoms with Gasteiger partial charge in [0.15, 0.2) is 0 Å². The summed E-state index contributed by atoms with van der Waals surface area (Å²) in [5.74, 6) is 0. The van der Waals surface area contributed by atoms with E-state index in [-0.39, 0.29) is 0 Å². The first-order valence-corrected chi connectivity index (χ1v) is 6.70. The van der Waals surface area contributed by atoms with Crippen LogP contribution in [0.25, 0.3) is 0 Å². The number of hydrogen-bond acceptors (Lipinski definition) is 3. The molecule has 2 N–H and O–H groups in total. The number of hydrogen-bond donors (Lipinski definition) is 1. The Kier molecular flexibility index (Phi) is 3.57. The van der Waals surface area contributed by atoms with Crippen molar-refractivity contribution in [1.29, 1.82) is 0 Å². The van der Waals surface area contributed by atoms with Crippen LogP contribution in [0.1, 0.15) is 33.6 Å². The monoisotopic (exact) mass is 225 g/mol. The van der Waals surface area contributed by atoms with E-state index in [9.17, 15) is 0 Å². The fourth-order valence-electron chi connectivity index (χ4n) is 2.90. The van der Waals surface area contributed by atoms with Gasteiger partial charge in [-0.2, -0.15) is 0 Å². The lowest BCUT2D eigenvalue weighted by Gasteiger charge is -2.44. The molecular weight excluding hydrogens is 198 g/mol. The van der Waals surface area contributed by atoms with Crippen LogP contribution in [-0.2, 0) is 0 Å². The summed E-state index contributed by atoms with van der Waals surface area (Å²) < 4.78 is 0. The third kappa shape index (κ3) is 2.76. The molecule has 16 heavy (non-hydrogen) atoms. The fourth-order valence-corrected chi connectivity index (χ4v) is 2.90. The maximum atomic E-state index is 5.94. The van der Waals surface area contributed by atoms with E-state index in [1.807, 2.05) is 0 Å². The molecular formula is C13H27N3. The molecule has 1 heterocycles. The molecule has 1 saturated heterocycles. The van der Waals surface area contributed by atoms with Crippen molar-refractivity contribution in [2.24, 2.45) is 11.1 Å². The molecule has 94 valence electrons. The topological polar surface area (TPSA) is 32.5 Å². The number of rotatable bonds is 3. The van der Waals surface area contributed by atoms with Gasteiger partial charge in [0, 0.05) is 44.8 Å². The van der Waals surface area contributed by atoms with E-state index in [0.29, 0.717) is 11.5 Å². The molecule has 2 rings (SSSR count). The van der Waals surface area contributed by atoms with Gasteiger partial charge in [0.1, 0.15) is 0 Å². The molecule has 1 unspecified atom stereocenters. The van der Waals surface area contributed by atoms with Crippen LogP contribution in [0.3, 0.4) is 0 Å². The van der Waals surface area contributed by atoms with E-state index < -0.39 is 0 Å². The van der Waals surface area contributed by atoms with Gasteiger partial charge in [0.25, 0.3) is 0 Å². The van der Waals surface area contributed by atoms with Gasteiger partial charge in [0.2, 0.25) is 0 Å². The second-order valence-electron chi connectivity index (χ2n) is 6.42. The Morgan fingerprint density at radius 2 is 1.69 bits per heavy atom. The van der Waals surface area contributed by atoms with Crippen molar-refractivity contribution in [3.63, 3.8) is 0 Å². The van der Waals surface area contributed by atoms with Crippen molar-refractivity contribution in [3.8, 4) is 0 Å². The maximum Gasteiger partial charge on any atom is 0.0267 e. The SMILES string of the molecule is CC(C)(C)C(CN)N1CCN(C2CC2)CC1. The average Bonchev–Trinajstić information content (AvgIpc) is 3.01. The largest absolute Gasteiger partial charge is 0.329 e. The Labute approximate surface area is 100.0 Å². The van der Waals surface area contributed by atoms with Crippen molar-refractivity contribution < 1.29 is 0 Å². The summed E-state index contributed by atoms with van der Waals surface area (Å²) in [6.45, 7) is 12.6. The zero-order valence-corrected chi connectivity index (χ0v) is 11.1. The average molecular weight is 225 g/mol. The molecule has 0 bridgehead atoms. The first kappa shape index (κ1) is 12.3. The zero-order chi connectivity index (χ0) is 11.8. The lowest BCUT2D eigenvalue weighted by molar-refractivity contribution is 0.0471. The van der Waals surface area contributed by atoms with Crippen LogP contribution in [0.4, 0.5) is 0 Å². The van der Waals surface area contributed by atoms with Crippen LogP contribution in [0.5, 0.6) is 0 Å². The van der Waals surface area contributed by atoms with Crippen LogP contribution in [0.2, 0.25) is 0 Å². The standard InChI is InChI=1S/C13H27N3/c1-13(2,3)12(10-14)16-8-6-15(7-9-16)11-4-5-11/h11-12H,4-10,14H2,1-3H3. The Balaban J connectivity index is 1.86. The molecule has 2 fully saturated rings. The molecule has 0 radical (unpaired) electrons. The summed E-state index contributed by atoms with van der Waals surface area (Å²) >= 11 is 0. The van der Waals surface area contributed by atoms with Crippen LogP contribution in [0, 0.1) is 5.41 Å². The molecule has 0 aromatic heterocycles. The lowest BCUT2D eigenvalue weighted by atomic mass is 9.85. The number of piperazine rings is 1. The highest BCUT2D eigenvalue weighted by Crippen LogP contribution is 2.29. The molecule has 1 saturated carbocycles. The van der Waals surface area contributed by atoms with Crippen LogP contribution in [-0.4, -0.2) is 54.6 Å². The molecule has 3 nitrogen and oxygen atoms in total. The van der Waals surface area contributed by atoms with Gasteiger partial charge in [-0.1, -0.05) is 20.8 Å². The second kappa shape index (κ2) is 4.63. The molecule has 1 aliphatic heterocycles. The zero-order valence-electron chi connectivity index (χ0n) is 11.1. The number of nitrogens with zero attached hydrogens (tertiary/aromatic N) is 2. The molecule has 1 aliphatic carbocycles. The Hall–Kier alpha value is -0.120.